The van der Waals surface area contributed by atoms with E-state index in [4.69, 9.17) is 9.40 Å². The molecule has 0 spiro atoms. The lowest BCUT2D eigenvalue weighted by molar-refractivity contribution is 0.609. The molecule has 0 saturated carbocycles. The van der Waals surface area contributed by atoms with Gasteiger partial charge in [0.2, 0.25) is 5.36 Å². The molecule has 4 nitrogen and oxygen atoms in total. The summed E-state index contributed by atoms with van der Waals surface area (Å²) < 4.78 is 8.25. The molecule has 1 aliphatic carbocycles. The molecule has 4 heteroatoms. The van der Waals surface area contributed by atoms with Crippen LogP contribution in [0.2, 0.25) is 0 Å². The van der Waals surface area contributed by atoms with Gasteiger partial charge >= 0.3 is 0 Å². The molecule has 1 aromatic carbocycles. The first-order valence-electron chi connectivity index (χ1n) is 7.40. The van der Waals surface area contributed by atoms with Crippen LogP contribution in [0.15, 0.2) is 28.7 Å². The molecule has 0 bridgehead atoms. The predicted molar refractivity (Wildman–Crippen MR) is 91.5 cm³/mol. The van der Waals surface area contributed by atoms with Gasteiger partial charge in [0.1, 0.15) is 25.3 Å². The topological polar surface area (TPSA) is 32.3 Å². The van der Waals surface area contributed by atoms with Crippen molar-refractivity contribution in [2.45, 2.75) is 13.8 Å². The minimum atomic E-state index is 0.825. The molecule has 1 aliphatic heterocycles. The standard InChI is InChI=1S/C18H22N3O/c1-11-7-13(20(3)4)9-15-17(11)19-18-12(2)8-14(21(5)6)10-16(18)22-15/h7-10H,1-6H3/q+1. The molecule has 1 aromatic rings. The van der Waals surface area contributed by atoms with Gasteiger partial charge in [0.25, 0.3) is 0 Å². The van der Waals surface area contributed by atoms with Crippen molar-refractivity contribution in [1.29, 1.82) is 0 Å². The first-order chi connectivity index (χ1) is 10.4. The zero-order valence-electron chi connectivity index (χ0n) is 14.1. The number of nitrogens with zero attached hydrogens (tertiary/aromatic N) is 3. The number of aryl methyl sites for hydroxylation is 2. The zero-order chi connectivity index (χ0) is 16.0. The molecule has 3 rings (SSSR count). The van der Waals surface area contributed by atoms with Gasteiger partial charge in [-0.25, -0.2) is 9.56 Å². The number of hydrogen-bond acceptors (Lipinski definition) is 3. The average Bonchev–Trinajstić information content (AvgIpc) is 2.45. The largest absolute Gasteiger partial charge is 0.452 e. The van der Waals surface area contributed by atoms with E-state index in [0.717, 1.165) is 44.7 Å². The van der Waals surface area contributed by atoms with Gasteiger partial charge in [-0.1, -0.05) is 0 Å². The molecule has 2 aliphatic rings. The highest BCUT2D eigenvalue weighted by Gasteiger charge is 2.16. The fraction of sp³-hybridized carbons (Fsp3) is 0.333. The van der Waals surface area contributed by atoms with Crippen LogP contribution in [0, 0.1) is 13.8 Å². The fourth-order valence-electron chi connectivity index (χ4n) is 2.65. The van der Waals surface area contributed by atoms with Crippen LogP contribution in [0.1, 0.15) is 11.1 Å². The molecule has 114 valence electrons. The maximum absolute atomic E-state index is 6.17. The molecule has 0 unspecified atom stereocenters. The van der Waals surface area contributed by atoms with Crippen molar-refractivity contribution >= 4 is 16.8 Å². The maximum atomic E-state index is 6.17. The average molecular weight is 296 g/mol. The Labute approximate surface area is 130 Å². The second-order valence-corrected chi connectivity index (χ2v) is 6.22. The molecule has 0 aromatic heterocycles. The van der Waals surface area contributed by atoms with E-state index in [1.54, 1.807) is 0 Å². The van der Waals surface area contributed by atoms with Gasteiger partial charge in [-0.2, -0.15) is 0 Å². The highest BCUT2D eigenvalue weighted by Crippen LogP contribution is 2.30. The summed E-state index contributed by atoms with van der Waals surface area (Å²) in [5.74, 6) is 0.825. The minimum Gasteiger partial charge on any atom is -0.452 e. The van der Waals surface area contributed by atoms with Crippen molar-refractivity contribution in [1.82, 2.24) is 9.56 Å². The van der Waals surface area contributed by atoms with Crippen LogP contribution in [0.25, 0.3) is 22.6 Å². The smallest absolute Gasteiger partial charge is 0.203 e. The third-order valence-electron chi connectivity index (χ3n) is 3.98. The van der Waals surface area contributed by atoms with Gasteiger partial charge < -0.3 is 9.32 Å². The fourth-order valence-corrected chi connectivity index (χ4v) is 2.65. The van der Waals surface area contributed by atoms with Gasteiger partial charge in [0.15, 0.2) is 11.3 Å². The van der Waals surface area contributed by atoms with E-state index in [0.29, 0.717) is 0 Å². The summed E-state index contributed by atoms with van der Waals surface area (Å²) in [7, 11) is 8.12. The van der Waals surface area contributed by atoms with Gasteiger partial charge in [-0.05, 0) is 31.0 Å². The molecule has 0 fully saturated rings. The molecule has 22 heavy (non-hydrogen) atoms. The van der Waals surface area contributed by atoms with E-state index >= 15 is 0 Å². The van der Waals surface area contributed by atoms with Crippen LogP contribution in [0.4, 0.5) is 5.69 Å². The van der Waals surface area contributed by atoms with E-state index in [2.05, 4.69) is 35.5 Å². The first kappa shape index (κ1) is 14.6. The predicted octanol–water partition coefficient (Wildman–Crippen LogP) is 2.65. The number of rotatable bonds is 1. The van der Waals surface area contributed by atoms with Gasteiger partial charge in [-0.15, -0.1) is 0 Å². The normalized spacial score (nSPS) is 11.2. The third-order valence-corrected chi connectivity index (χ3v) is 3.98. The molecule has 0 saturated heterocycles. The Morgan fingerprint density at radius 3 is 2.36 bits per heavy atom. The van der Waals surface area contributed by atoms with E-state index in [-0.39, 0.29) is 0 Å². The van der Waals surface area contributed by atoms with E-state index in [1.165, 1.54) is 0 Å². The molecule has 0 atom stereocenters. The summed E-state index contributed by atoms with van der Waals surface area (Å²) in [5.41, 5.74) is 6.06. The Kier molecular flexibility index (Phi) is 3.39. The number of hydrogen-bond donors (Lipinski definition) is 0. The monoisotopic (exact) mass is 296 g/mol. The third kappa shape index (κ3) is 2.34. The van der Waals surface area contributed by atoms with Crippen molar-refractivity contribution in [2.75, 3.05) is 33.1 Å². The van der Waals surface area contributed by atoms with Gasteiger partial charge in [-0.3, -0.25) is 0 Å². The van der Waals surface area contributed by atoms with E-state index in [1.807, 2.05) is 40.3 Å². The quantitative estimate of drug-likeness (QED) is 0.511. The van der Waals surface area contributed by atoms with Crippen molar-refractivity contribution in [3.8, 4) is 11.5 Å². The Morgan fingerprint density at radius 2 is 1.73 bits per heavy atom. The molecular weight excluding hydrogens is 274 g/mol. The van der Waals surface area contributed by atoms with Crippen LogP contribution in [0.3, 0.4) is 0 Å². The second-order valence-electron chi connectivity index (χ2n) is 6.22. The number of fused-ring (bicyclic) bond motifs is 2. The Morgan fingerprint density at radius 1 is 1.00 bits per heavy atom. The number of anilines is 1. The molecule has 1 heterocycles. The van der Waals surface area contributed by atoms with Crippen molar-refractivity contribution < 1.29 is 4.42 Å². The van der Waals surface area contributed by atoms with Gasteiger partial charge in [0, 0.05) is 31.9 Å². The number of benzene rings is 2. The van der Waals surface area contributed by atoms with Crippen LogP contribution in [-0.2, 0) is 0 Å². The maximum Gasteiger partial charge on any atom is 0.203 e. The summed E-state index contributed by atoms with van der Waals surface area (Å²) in [6.07, 6.45) is 0. The van der Waals surface area contributed by atoms with Crippen molar-refractivity contribution in [2.24, 2.45) is 0 Å². The van der Waals surface area contributed by atoms with E-state index < -0.39 is 0 Å². The summed E-state index contributed by atoms with van der Waals surface area (Å²) in [4.78, 5) is 6.92. The lowest BCUT2D eigenvalue weighted by Gasteiger charge is -2.15. The lowest BCUT2D eigenvalue weighted by atomic mass is 10.1. The molecule has 0 N–H and O–H groups in total. The van der Waals surface area contributed by atoms with Crippen LogP contribution in [-0.4, -0.2) is 33.2 Å². The summed E-state index contributed by atoms with van der Waals surface area (Å²) in [6.45, 7) is 4.15. The Bertz CT molecular complexity index is 902. The molecule has 0 radical (unpaired) electrons. The van der Waals surface area contributed by atoms with Crippen LogP contribution >= 0.6 is 0 Å². The zero-order valence-corrected chi connectivity index (χ0v) is 14.1. The van der Waals surface area contributed by atoms with Crippen molar-refractivity contribution in [3.63, 3.8) is 0 Å². The van der Waals surface area contributed by atoms with E-state index in [9.17, 15) is 0 Å². The van der Waals surface area contributed by atoms with Crippen molar-refractivity contribution in [3.05, 3.63) is 40.7 Å². The summed E-state index contributed by atoms with van der Waals surface area (Å²) in [5, 5.41) is 1.12. The second kappa shape index (κ2) is 5.13. The highest BCUT2D eigenvalue weighted by atomic mass is 16.3. The lowest BCUT2D eigenvalue weighted by Crippen LogP contribution is -2.22. The van der Waals surface area contributed by atoms with Crippen LogP contribution < -0.4 is 14.8 Å². The number of aromatic nitrogens is 1. The Hall–Kier alpha value is -2.36. The molecule has 0 amide bonds. The summed E-state index contributed by atoms with van der Waals surface area (Å²) in [6, 6.07) is 8.37. The molecular formula is C18H22N3O+. The van der Waals surface area contributed by atoms with Crippen LogP contribution in [0.5, 0.6) is 0 Å². The minimum absolute atomic E-state index is 0.825. The summed E-state index contributed by atoms with van der Waals surface area (Å²) >= 11 is 0. The Balaban J connectivity index is 2.42. The van der Waals surface area contributed by atoms with Gasteiger partial charge in [0.05, 0.1) is 6.07 Å². The first-order valence-corrected chi connectivity index (χ1v) is 7.40. The highest BCUT2D eigenvalue weighted by molar-refractivity contribution is 5.83. The SMILES string of the molecule is Cc1cc(=[N+](C)C)cc2oc3cc(N(C)C)cc(C)c3nc1-2.